The van der Waals surface area contributed by atoms with Gasteiger partial charge in [-0.15, -0.1) is 0 Å². The molecule has 2 heterocycles. The number of hydrogen-bond donors (Lipinski definition) is 1. The van der Waals surface area contributed by atoms with E-state index in [2.05, 4.69) is 41.5 Å². The quantitative estimate of drug-likeness (QED) is 0.689. The maximum Gasteiger partial charge on any atom is 0.125 e. The maximum atomic E-state index is 10.4. The van der Waals surface area contributed by atoms with E-state index < -0.39 is 11.7 Å². The molecule has 3 nitrogen and oxygen atoms in total. The molecule has 0 spiro atoms. The van der Waals surface area contributed by atoms with Crippen molar-refractivity contribution in [3.8, 4) is 0 Å². The Morgan fingerprint density at radius 2 is 1.69 bits per heavy atom. The van der Waals surface area contributed by atoms with Gasteiger partial charge in [-0.2, -0.15) is 0 Å². The van der Waals surface area contributed by atoms with Crippen molar-refractivity contribution >= 4 is 0 Å². The number of ether oxygens (including phenoxy) is 2. The minimum atomic E-state index is -0.532. The van der Waals surface area contributed by atoms with E-state index in [-0.39, 0.29) is 23.0 Å². The van der Waals surface area contributed by atoms with Crippen molar-refractivity contribution < 1.29 is 14.6 Å². The second-order valence-corrected chi connectivity index (χ2v) is 7.26. The van der Waals surface area contributed by atoms with E-state index in [1.165, 1.54) is 0 Å². The van der Waals surface area contributed by atoms with Gasteiger partial charge in [-0.3, -0.25) is 0 Å². The molecule has 2 rings (SSSR count). The fourth-order valence-corrected chi connectivity index (χ4v) is 2.82. The van der Waals surface area contributed by atoms with Gasteiger partial charge in [0.05, 0.1) is 12.7 Å². The highest BCUT2D eigenvalue weighted by Crippen LogP contribution is 2.53. The number of rotatable bonds is 0. The van der Waals surface area contributed by atoms with Gasteiger partial charge in [0.25, 0.3) is 0 Å². The molecular weight excluding hydrogens is 204 g/mol. The molecule has 2 aliphatic heterocycles. The van der Waals surface area contributed by atoms with Crippen molar-refractivity contribution in [2.75, 3.05) is 6.61 Å². The van der Waals surface area contributed by atoms with Gasteiger partial charge in [-0.25, -0.2) is 0 Å². The molecule has 3 heteroatoms. The van der Waals surface area contributed by atoms with E-state index in [1.807, 2.05) is 0 Å². The Balaban J connectivity index is 2.33. The van der Waals surface area contributed by atoms with Crippen molar-refractivity contribution in [3.63, 3.8) is 0 Å². The first kappa shape index (κ1) is 12.3. The lowest BCUT2D eigenvalue weighted by molar-refractivity contribution is -0.210. The molecule has 2 fully saturated rings. The van der Waals surface area contributed by atoms with E-state index >= 15 is 0 Å². The molecule has 16 heavy (non-hydrogen) atoms. The van der Waals surface area contributed by atoms with Crippen LogP contribution < -0.4 is 0 Å². The molecule has 2 aliphatic rings. The minimum Gasteiger partial charge on any atom is -0.387 e. The Hall–Kier alpha value is -0.120. The van der Waals surface area contributed by atoms with Crippen LogP contribution in [0.5, 0.6) is 0 Å². The number of aliphatic hydroxyl groups excluding tert-OH is 1. The molecule has 4 atom stereocenters. The largest absolute Gasteiger partial charge is 0.387 e. The highest BCUT2D eigenvalue weighted by atomic mass is 16.6. The van der Waals surface area contributed by atoms with Crippen LogP contribution in [0.25, 0.3) is 0 Å². The third-order valence-electron chi connectivity index (χ3n) is 4.04. The van der Waals surface area contributed by atoms with Gasteiger partial charge in [0.2, 0.25) is 0 Å². The van der Waals surface area contributed by atoms with Gasteiger partial charge in [-0.1, -0.05) is 41.5 Å². The predicted molar refractivity (Wildman–Crippen MR) is 62.3 cm³/mol. The van der Waals surface area contributed by atoms with E-state index in [9.17, 15) is 5.11 Å². The number of aliphatic hydroxyl groups is 1. The topological polar surface area (TPSA) is 38.7 Å². The van der Waals surface area contributed by atoms with E-state index in [0.717, 1.165) is 0 Å². The third kappa shape index (κ3) is 1.45. The van der Waals surface area contributed by atoms with Crippen molar-refractivity contribution in [2.24, 2.45) is 10.8 Å². The first-order valence-corrected chi connectivity index (χ1v) is 6.07. The minimum absolute atomic E-state index is 0.000926. The van der Waals surface area contributed by atoms with Gasteiger partial charge in [0, 0.05) is 0 Å². The zero-order chi connectivity index (χ0) is 12.4. The highest BCUT2D eigenvalue weighted by Gasteiger charge is 2.67. The lowest BCUT2D eigenvalue weighted by Crippen LogP contribution is -2.52. The van der Waals surface area contributed by atoms with Crippen molar-refractivity contribution in [1.82, 2.24) is 0 Å². The smallest absolute Gasteiger partial charge is 0.125 e. The molecule has 0 saturated carbocycles. The number of hydrogen-bond acceptors (Lipinski definition) is 3. The zero-order valence-electron chi connectivity index (χ0n) is 11.2. The molecule has 4 unspecified atom stereocenters. The molecule has 2 bridgehead atoms. The van der Waals surface area contributed by atoms with Crippen LogP contribution in [-0.2, 0) is 9.47 Å². The molecule has 0 aromatic heterocycles. The zero-order valence-corrected chi connectivity index (χ0v) is 11.2. The first-order chi connectivity index (χ1) is 7.09. The van der Waals surface area contributed by atoms with Gasteiger partial charge in [0.1, 0.15) is 17.8 Å². The summed E-state index contributed by atoms with van der Waals surface area (Å²) >= 11 is 0. The summed E-state index contributed by atoms with van der Waals surface area (Å²) in [5, 5.41) is 10.4. The van der Waals surface area contributed by atoms with Gasteiger partial charge in [-0.05, 0) is 10.8 Å². The van der Waals surface area contributed by atoms with Crippen LogP contribution in [0.1, 0.15) is 41.5 Å². The van der Waals surface area contributed by atoms with Crippen molar-refractivity contribution in [2.45, 2.75) is 65.5 Å². The Morgan fingerprint density at radius 3 is 2.00 bits per heavy atom. The Kier molecular flexibility index (Phi) is 2.48. The molecule has 0 amide bonds. The van der Waals surface area contributed by atoms with Crippen LogP contribution in [0.3, 0.4) is 0 Å². The molecule has 2 saturated heterocycles. The molecule has 0 aromatic rings. The predicted octanol–water partition coefficient (Wildman–Crippen LogP) is 1.98. The van der Waals surface area contributed by atoms with E-state index in [0.29, 0.717) is 6.61 Å². The summed E-state index contributed by atoms with van der Waals surface area (Å²) in [6.07, 6.45) is -0.688. The Bertz CT molecular complexity index is 287. The lowest BCUT2D eigenvalue weighted by atomic mass is 9.74. The van der Waals surface area contributed by atoms with Crippen LogP contribution in [0, 0.1) is 10.8 Å². The average molecular weight is 228 g/mol. The fourth-order valence-electron chi connectivity index (χ4n) is 2.82. The molecule has 94 valence electrons. The second-order valence-electron chi connectivity index (χ2n) is 7.26. The normalized spacial score (nSPS) is 44.1. The number of fused-ring (bicyclic) bond motifs is 2. The summed E-state index contributed by atoms with van der Waals surface area (Å²) in [7, 11) is 0. The summed E-state index contributed by atoms with van der Waals surface area (Å²) < 4.78 is 12.0. The highest BCUT2D eigenvalue weighted by molar-refractivity contribution is 5.14. The molecule has 0 aliphatic carbocycles. The average Bonchev–Trinajstić information content (AvgIpc) is 2.56. The van der Waals surface area contributed by atoms with Crippen LogP contribution in [0.2, 0.25) is 0 Å². The summed E-state index contributed by atoms with van der Waals surface area (Å²) in [4.78, 5) is 0. The molecular formula is C13H24O3. The van der Waals surface area contributed by atoms with Crippen molar-refractivity contribution in [1.29, 1.82) is 0 Å². The van der Waals surface area contributed by atoms with Gasteiger partial charge >= 0.3 is 0 Å². The van der Waals surface area contributed by atoms with Crippen LogP contribution in [0.4, 0.5) is 0 Å². The standard InChI is InChI=1S/C13H24O3/c1-11(2,3)10-8-9(14)13(16-10,7-15-8)12(4,5)6/h8-10,14H,7H2,1-6H3. The van der Waals surface area contributed by atoms with Gasteiger partial charge < -0.3 is 14.6 Å². The van der Waals surface area contributed by atoms with Gasteiger partial charge in [0.15, 0.2) is 0 Å². The van der Waals surface area contributed by atoms with E-state index in [1.54, 1.807) is 0 Å². The second kappa shape index (κ2) is 3.21. The molecule has 1 N–H and O–H groups in total. The molecule has 0 aromatic carbocycles. The Morgan fingerprint density at radius 1 is 1.12 bits per heavy atom. The molecule has 0 radical (unpaired) electrons. The monoisotopic (exact) mass is 228 g/mol. The van der Waals surface area contributed by atoms with Crippen LogP contribution >= 0.6 is 0 Å². The lowest BCUT2D eigenvalue weighted by Gasteiger charge is -2.43. The van der Waals surface area contributed by atoms with Crippen LogP contribution in [0.15, 0.2) is 0 Å². The van der Waals surface area contributed by atoms with E-state index in [4.69, 9.17) is 9.47 Å². The summed E-state index contributed by atoms with van der Waals surface area (Å²) in [6, 6.07) is 0. The summed E-state index contributed by atoms with van der Waals surface area (Å²) in [5.74, 6) is 0. The third-order valence-corrected chi connectivity index (χ3v) is 4.04. The summed E-state index contributed by atoms with van der Waals surface area (Å²) in [6.45, 7) is 13.2. The first-order valence-electron chi connectivity index (χ1n) is 6.07. The maximum absolute atomic E-state index is 10.4. The summed E-state index contributed by atoms with van der Waals surface area (Å²) in [5.41, 5.74) is -0.643. The SMILES string of the molecule is CC(C)(C)C1OC2(C(C)(C)C)COC1C2O. The van der Waals surface area contributed by atoms with Crippen LogP contribution in [-0.4, -0.2) is 35.6 Å². The Labute approximate surface area is 98.1 Å². The fraction of sp³-hybridized carbons (Fsp3) is 1.00. The van der Waals surface area contributed by atoms with Crippen molar-refractivity contribution in [3.05, 3.63) is 0 Å².